The van der Waals surface area contributed by atoms with E-state index in [1.807, 2.05) is 12.1 Å². The van der Waals surface area contributed by atoms with E-state index in [1.165, 1.54) is 30.9 Å². The first-order chi connectivity index (χ1) is 13.4. The smallest absolute Gasteiger partial charge is 0.273 e. The van der Waals surface area contributed by atoms with Crippen LogP contribution in [-0.2, 0) is 13.1 Å². The Balaban J connectivity index is 1.56. The third-order valence-electron chi connectivity index (χ3n) is 5.47. The van der Waals surface area contributed by atoms with Gasteiger partial charge in [-0.05, 0) is 50.4 Å². The largest absolute Gasteiger partial charge is 0.348 e. The summed E-state index contributed by atoms with van der Waals surface area (Å²) >= 11 is 0. The highest BCUT2D eigenvalue weighted by atomic mass is 16.6. The maximum atomic E-state index is 12.3. The average Bonchev–Trinajstić information content (AvgIpc) is 2.69. The molecule has 1 aliphatic heterocycles. The van der Waals surface area contributed by atoms with Crippen molar-refractivity contribution in [1.29, 1.82) is 0 Å². The molecule has 1 fully saturated rings. The van der Waals surface area contributed by atoms with Crippen LogP contribution in [0.3, 0.4) is 0 Å². The monoisotopic (exact) mass is 381 g/mol. The summed E-state index contributed by atoms with van der Waals surface area (Å²) in [5.41, 5.74) is 3.08. The lowest BCUT2D eigenvalue weighted by atomic mass is 10.0. The summed E-state index contributed by atoms with van der Waals surface area (Å²) in [6.45, 7) is 6.45. The molecular formula is C22H27N3O3. The maximum absolute atomic E-state index is 12.3. The van der Waals surface area contributed by atoms with Gasteiger partial charge in [-0.2, -0.15) is 0 Å². The van der Waals surface area contributed by atoms with Crippen molar-refractivity contribution in [2.24, 2.45) is 0 Å². The lowest BCUT2D eigenvalue weighted by molar-refractivity contribution is -0.385. The predicted octanol–water partition coefficient (Wildman–Crippen LogP) is 4.21. The van der Waals surface area contributed by atoms with Crippen molar-refractivity contribution in [2.45, 2.75) is 52.2 Å². The number of nitrogens with zero attached hydrogens (tertiary/aromatic N) is 2. The molecule has 1 saturated heterocycles. The van der Waals surface area contributed by atoms with Gasteiger partial charge in [0.1, 0.15) is 0 Å². The molecule has 0 aromatic heterocycles. The molecule has 1 N–H and O–H groups in total. The predicted molar refractivity (Wildman–Crippen MR) is 109 cm³/mol. The third-order valence-corrected chi connectivity index (χ3v) is 5.47. The topological polar surface area (TPSA) is 75.5 Å². The molecule has 0 spiro atoms. The molecule has 1 amide bonds. The lowest BCUT2D eigenvalue weighted by Gasteiger charge is -2.33. The maximum Gasteiger partial charge on any atom is 0.273 e. The van der Waals surface area contributed by atoms with Crippen LogP contribution in [0, 0.1) is 17.0 Å². The number of piperidine rings is 1. The van der Waals surface area contributed by atoms with Gasteiger partial charge in [-0.3, -0.25) is 19.8 Å². The van der Waals surface area contributed by atoms with E-state index >= 15 is 0 Å². The molecular weight excluding hydrogens is 354 g/mol. The van der Waals surface area contributed by atoms with Crippen LogP contribution >= 0.6 is 0 Å². The Kier molecular flexibility index (Phi) is 6.41. The molecule has 6 heteroatoms. The summed E-state index contributed by atoms with van der Waals surface area (Å²) in [5, 5.41) is 13.9. The number of nitrogens with one attached hydrogen (secondary N) is 1. The molecule has 1 aliphatic rings. The molecule has 0 aliphatic carbocycles. The highest BCUT2D eigenvalue weighted by Crippen LogP contribution is 2.20. The van der Waals surface area contributed by atoms with Crippen LogP contribution in [0.5, 0.6) is 0 Å². The minimum atomic E-state index is -0.464. The van der Waals surface area contributed by atoms with Crippen molar-refractivity contribution in [3.8, 4) is 0 Å². The van der Waals surface area contributed by atoms with Gasteiger partial charge >= 0.3 is 0 Å². The van der Waals surface area contributed by atoms with Crippen LogP contribution in [0.1, 0.15) is 53.2 Å². The molecule has 1 atom stereocenters. The summed E-state index contributed by atoms with van der Waals surface area (Å²) in [6.07, 6.45) is 3.85. The second-order valence-electron chi connectivity index (χ2n) is 7.57. The van der Waals surface area contributed by atoms with Crippen LogP contribution in [0.2, 0.25) is 0 Å². The van der Waals surface area contributed by atoms with Crippen molar-refractivity contribution in [1.82, 2.24) is 10.2 Å². The minimum Gasteiger partial charge on any atom is -0.348 e. The summed E-state index contributed by atoms with van der Waals surface area (Å²) in [4.78, 5) is 25.4. The number of rotatable bonds is 6. The Hall–Kier alpha value is -2.73. The van der Waals surface area contributed by atoms with Gasteiger partial charge in [0.15, 0.2) is 0 Å². The zero-order valence-electron chi connectivity index (χ0n) is 16.5. The lowest BCUT2D eigenvalue weighted by Crippen LogP contribution is -2.36. The van der Waals surface area contributed by atoms with Gasteiger partial charge in [0.25, 0.3) is 11.6 Å². The van der Waals surface area contributed by atoms with E-state index in [1.54, 1.807) is 19.1 Å². The van der Waals surface area contributed by atoms with Crippen molar-refractivity contribution in [2.75, 3.05) is 6.54 Å². The molecule has 1 heterocycles. The number of amides is 1. The minimum absolute atomic E-state index is 0.0380. The number of hydrogen-bond donors (Lipinski definition) is 1. The van der Waals surface area contributed by atoms with Gasteiger partial charge in [-0.25, -0.2) is 0 Å². The van der Waals surface area contributed by atoms with Gasteiger partial charge in [0.05, 0.1) is 4.92 Å². The molecule has 28 heavy (non-hydrogen) atoms. The number of nitro benzene ring substituents is 1. The first-order valence-electron chi connectivity index (χ1n) is 9.79. The fourth-order valence-corrected chi connectivity index (χ4v) is 3.62. The standard InChI is InChI=1S/C22H27N3O3/c1-16-6-11-20(13-21(16)25(27)28)22(26)23-14-18-7-9-19(10-8-18)15-24-12-4-3-5-17(24)2/h6-11,13,17H,3-5,12,14-15H2,1-2H3,(H,23,26). The Morgan fingerprint density at radius 2 is 1.89 bits per heavy atom. The van der Waals surface area contributed by atoms with Crippen LogP contribution in [0.15, 0.2) is 42.5 Å². The van der Waals surface area contributed by atoms with Gasteiger partial charge in [-0.1, -0.05) is 36.8 Å². The first-order valence-corrected chi connectivity index (χ1v) is 9.79. The molecule has 3 rings (SSSR count). The van der Waals surface area contributed by atoms with Crippen molar-refractivity contribution >= 4 is 11.6 Å². The quantitative estimate of drug-likeness (QED) is 0.601. The van der Waals surface area contributed by atoms with Crippen LogP contribution in [0.25, 0.3) is 0 Å². The van der Waals surface area contributed by atoms with Gasteiger partial charge in [0, 0.05) is 36.3 Å². The zero-order valence-corrected chi connectivity index (χ0v) is 16.5. The molecule has 6 nitrogen and oxygen atoms in total. The highest BCUT2D eigenvalue weighted by Gasteiger charge is 2.18. The van der Waals surface area contributed by atoms with Gasteiger partial charge in [0.2, 0.25) is 0 Å². The molecule has 0 saturated carbocycles. The van der Waals surface area contributed by atoms with E-state index in [-0.39, 0.29) is 11.6 Å². The van der Waals surface area contributed by atoms with E-state index in [0.717, 1.165) is 18.7 Å². The molecule has 0 radical (unpaired) electrons. The normalized spacial score (nSPS) is 17.3. The fourth-order valence-electron chi connectivity index (χ4n) is 3.62. The number of benzene rings is 2. The fraction of sp³-hybridized carbons (Fsp3) is 0.409. The van der Waals surface area contributed by atoms with E-state index in [4.69, 9.17) is 0 Å². The van der Waals surface area contributed by atoms with Gasteiger partial charge in [-0.15, -0.1) is 0 Å². The second kappa shape index (κ2) is 8.97. The van der Waals surface area contributed by atoms with E-state index in [9.17, 15) is 14.9 Å². The number of nitro groups is 1. The van der Waals surface area contributed by atoms with Crippen molar-refractivity contribution in [3.63, 3.8) is 0 Å². The van der Waals surface area contributed by atoms with Crippen LogP contribution in [0.4, 0.5) is 5.69 Å². The van der Waals surface area contributed by atoms with Gasteiger partial charge < -0.3 is 5.32 Å². The number of carbonyl (C=O) groups excluding carboxylic acids is 1. The highest BCUT2D eigenvalue weighted by molar-refractivity contribution is 5.94. The Labute approximate surface area is 165 Å². The number of carbonyl (C=O) groups is 1. The summed E-state index contributed by atoms with van der Waals surface area (Å²) < 4.78 is 0. The van der Waals surface area contributed by atoms with Crippen molar-refractivity contribution < 1.29 is 9.72 Å². The molecule has 1 unspecified atom stereocenters. The number of likely N-dealkylation sites (tertiary alicyclic amines) is 1. The zero-order chi connectivity index (χ0) is 20.1. The number of aryl methyl sites for hydroxylation is 1. The molecule has 148 valence electrons. The third kappa shape index (κ3) is 4.95. The Bertz CT molecular complexity index is 849. The van der Waals surface area contributed by atoms with E-state index < -0.39 is 4.92 Å². The summed E-state index contributed by atoms with van der Waals surface area (Å²) in [6, 6.07) is 13.5. The van der Waals surface area contributed by atoms with E-state index in [2.05, 4.69) is 29.3 Å². The molecule has 2 aromatic carbocycles. The second-order valence-corrected chi connectivity index (χ2v) is 7.57. The molecule has 0 bridgehead atoms. The SMILES string of the molecule is Cc1ccc(C(=O)NCc2ccc(CN3CCCCC3C)cc2)cc1[N+](=O)[O-]. The van der Waals surface area contributed by atoms with Crippen LogP contribution < -0.4 is 5.32 Å². The summed E-state index contributed by atoms with van der Waals surface area (Å²) in [7, 11) is 0. The van der Waals surface area contributed by atoms with Crippen molar-refractivity contribution in [3.05, 3.63) is 74.8 Å². The average molecular weight is 381 g/mol. The number of hydrogen-bond acceptors (Lipinski definition) is 4. The van der Waals surface area contributed by atoms with E-state index in [0.29, 0.717) is 23.7 Å². The molecule has 2 aromatic rings. The Morgan fingerprint density at radius 3 is 2.57 bits per heavy atom. The summed E-state index contributed by atoms with van der Waals surface area (Å²) in [5.74, 6) is -0.311. The van der Waals surface area contributed by atoms with Crippen LogP contribution in [-0.4, -0.2) is 28.3 Å². The Morgan fingerprint density at radius 1 is 1.18 bits per heavy atom. The first kappa shape index (κ1) is 20.0.